The van der Waals surface area contributed by atoms with Crippen LogP contribution in [0.15, 0.2) is 54.6 Å². The van der Waals surface area contributed by atoms with E-state index in [0.29, 0.717) is 11.5 Å². The van der Waals surface area contributed by atoms with Gasteiger partial charge in [0.2, 0.25) is 0 Å². The van der Waals surface area contributed by atoms with E-state index in [0.717, 1.165) is 0 Å². The molecule has 0 bridgehead atoms. The van der Waals surface area contributed by atoms with Crippen molar-refractivity contribution >= 4 is 11.8 Å². The number of benzene rings is 2. The lowest BCUT2D eigenvalue weighted by atomic mass is 9.91. The highest BCUT2D eigenvalue weighted by Crippen LogP contribution is 2.25. The summed E-state index contributed by atoms with van der Waals surface area (Å²) < 4.78 is 10.8. The molecule has 0 N–H and O–H groups in total. The van der Waals surface area contributed by atoms with Crippen molar-refractivity contribution in [3.63, 3.8) is 0 Å². The minimum absolute atomic E-state index is 0.132. The zero-order valence-corrected chi connectivity index (χ0v) is 13.5. The average Bonchev–Trinajstić information content (AvgIpc) is 2.53. The summed E-state index contributed by atoms with van der Waals surface area (Å²) in [5.41, 5.74) is -0.251. The molecule has 0 fully saturated rings. The van der Waals surface area contributed by atoms with E-state index in [1.54, 1.807) is 57.2 Å². The van der Waals surface area contributed by atoms with Gasteiger partial charge in [0, 0.05) is 5.41 Å². The fraction of sp³-hybridized carbons (Fsp3) is 0.263. The summed E-state index contributed by atoms with van der Waals surface area (Å²) in [4.78, 5) is 24.1. The molecule has 2 aromatic rings. The second-order valence-electron chi connectivity index (χ2n) is 6.16. The molecule has 23 heavy (non-hydrogen) atoms. The van der Waals surface area contributed by atoms with E-state index in [-0.39, 0.29) is 18.0 Å². The van der Waals surface area contributed by atoms with Crippen LogP contribution in [0.2, 0.25) is 0 Å². The highest BCUT2D eigenvalue weighted by Gasteiger charge is 2.23. The fourth-order valence-corrected chi connectivity index (χ4v) is 1.77. The van der Waals surface area contributed by atoms with Crippen molar-refractivity contribution in [3.8, 4) is 11.5 Å². The number of hydrogen-bond acceptors (Lipinski definition) is 4. The van der Waals surface area contributed by atoms with Crippen LogP contribution in [-0.2, 0) is 9.53 Å². The van der Waals surface area contributed by atoms with Crippen molar-refractivity contribution in [1.82, 2.24) is 0 Å². The van der Waals surface area contributed by atoms with E-state index in [9.17, 15) is 9.59 Å². The Kier molecular flexibility index (Phi) is 5.16. The number of esters is 1. The minimum atomic E-state index is -0.575. The van der Waals surface area contributed by atoms with Crippen molar-refractivity contribution in [1.29, 1.82) is 0 Å². The molecule has 0 amide bonds. The number of ketones is 1. The molecule has 0 aliphatic heterocycles. The van der Waals surface area contributed by atoms with E-state index in [2.05, 4.69) is 0 Å². The average molecular weight is 312 g/mol. The van der Waals surface area contributed by atoms with Crippen LogP contribution >= 0.6 is 0 Å². The maximum atomic E-state index is 12.2. The molecular weight excluding hydrogens is 292 g/mol. The summed E-state index contributed by atoms with van der Waals surface area (Å²) in [6, 6.07) is 16.0. The first-order valence-corrected chi connectivity index (χ1v) is 7.40. The first-order chi connectivity index (χ1) is 10.9. The Morgan fingerprint density at radius 1 is 0.913 bits per heavy atom. The lowest BCUT2D eigenvalue weighted by Crippen LogP contribution is -2.26. The molecule has 2 aromatic carbocycles. The molecule has 0 radical (unpaired) electrons. The number of Topliss-reactive ketones (excluding diaryl/α,β-unsaturated/α-hetero) is 1. The summed E-state index contributed by atoms with van der Waals surface area (Å²) in [5.74, 6) is 0.312. The zero-order valence-electron chi connectivity index (χ0n) is 13.5. The molecule has 120 valence electrons. The quantitative estimate of drug-likeness (QED) is 0.774. The Bertz CT molecular complexity index is 684. The first kappa shape index (κ1) is 16.7. The Morgan fingerprint density at radius 3 is 2.17 bits per heavy atom. The van der Waals surface area contributed by atoms with E-state index in [1.807, 2.05) is 18.2 Å². The Hall–Kier alpha value is -2.62. The highest BCUT2D eigenvalue weighted by molar-refractivity contribution is 5.95. The molecule has 0 aromatic heterocycles. The van der Waals surface area contributed by atoms with Crippen LogP contribution in [0.3, 0.4) is 0 Å². The monoisotopic (exact) mass is 312 g/mol. The molecule has 0 unspecified atom stereocenters. The van der Waals surface area contributed by atoms with E-state index in [1.165, 1.54) is 0 Å². The van der Waals surface area contributed by atoms with Gasteiger partial charge >= 0.3 is 5.97 Å². The van der Waals surface area contributed by atoms with Gasteiger partial charge in [0.25, 0.3) is 0 Å². The van der Waals surface area contributed by atoms with Gasteiger partial charge in [-0.1, -0.05) is 51.1 Å². The molecule has 0 atom stereocenters. The number of hydrogen-bond donors (Lipinski definition) is 0. The third-order valence-corrected chi connectivity index (χ3v) is 3.25. The van der Waals surface area contributed by atoms with Gasteiger partial charge in [-0.2, -0.15) is 0 Å². The highest BCUT2D eigenvalue weighted by atomic mass is 16.5. The number of carbonyl (C=O) groups excluding carboxylic acids is 2. The molecule has 0 aliphatic carbocycles. The van der Waals surface area contributed by atoms with Crippen LogP contribution in [0.5, 0.6) is 11.5 Å². The predicted octanol–water partition coefficient (Wildman–Crippen LogP) is 4.25. The van der Waals surface area contributed by atoms with Crippen molar-refractivity contribution in [2.24, 2.45) is 5.41 Å². The predicted molar refractivity (Wildman–Crippen MR) is 87.7 cm³/mol. The topological polar surface area (TPSA) is 52.6 Å². The SMILES string of the molecule is CC(C)(C)C(=O)COC(=O)c1ccccc1Oc1ccccc1. The Balaban J connectivity index is 2.10. The van der Waals surface area contributed by atoms with Crippen molar-refractivity contribution in [3.05, 3.63) is 60.2 Å². The van der Waals surface area contributed by atoms with Gasteiger partial charge in [0.15, 0.2) is 12.4 Å². The molecule has 0 heterocycles. The van der Waals surface area contributed by atoms with E-state index < -0.39 is 11.4 Å². The lowest BCUT2D eigenvalue weighted by Gasteiger charge is -2.16. The summed E-state index contributed by atoms with van der Waals surface area (Å²) in [6.07, 6.45) is 0. The second kappa shape index (κ2) is 7.09. The van der Waals surface area contributed by atoms with Gasteiger partial charge in [0.05, 0.1) is 0 Å². The van der Waals surface area contributed by atoms with Crippen molar-refractivity contribution in [2.45, 2.75) is 20.8 Å². The van der Waals surface area contributed by atoms with Gasteiger partial charge in [-0.25, -0.2) is 4.79 Å². The van der Waals surface area contributed by atoms with Crippen molar-refractivity contribution < 1.29 is 19.1 Å². The third-order valence-electron chi connectivity index (χ3n) is 3.25. The van der Waals surface area contributed by atoms with Crippen molar-refractivity contribution in [2.75, 3.05) is 6.61 Å². The lowest BCUT2D eigenvalue weighted by molar-refractivity contribution is -0.129. The normalized spacial score (nSPS) is 10.9. The number of para-hydroxylation sites is 2. The maximum absolute atomic E-state index is 12.2. The molecule has 0 aliphatic rings. The fourth-order valence-electron chi connectivity index (χ4n) is 1.77. The summed E-state index contributed by atoms with van der Waals surface area (Å²) in [5, 5.41) is 0. The Morgan fingerprint density at radius 2 is 1.52 bits per heavy atom. The van der Waals surface area contributed by atoms with Crippen LogP contribution in [0.1, 0.15) is 31.1 Å². The Labute approximate surface area is 136 Å². The minimum Gasteiger partial charge on any atom is -0.456 e. The summed E-state index contributed by atoms with van der Waals surface area (Å²) in [6.45, 7) is 5.11. The standard InChI is InChI=1S/C19H20O4/c1-19(2,3)17(20)13-22-18(21)15-11-7-8-12-16(15)23-14-9-5-4-6-10-14/h4-12H,13H2,1-3H3. The van der Waals surface area contributed by atoms with E-state index in [4.69, 9.17) is 9.47 Å². The van der Waals surface area contributed by atoms with Crippen LogP contribution in [-0.4, -0.2) is 18.4 Å². The van der Waals surface area contributed by atoms with Crippen LogP contribution in [0.4, 0.5) is 0 Å². The molecule has 2 rings (SSSR count). The van der Waals surface area contributed by atoms with Crippen LogP contribution < -0.4 is 4.74 Å². The molecule has 4 heteroatoms. The van der Waals surface area contributed by atoms with E-state index >= 15 is 0 Å². The summed E-state index contributed by atoms with van der Waals surface area (Å²) in [7, 11) is 0. The molecule has 0 saturated carbocycles. The van der Waals surface area contributed by atoms with Crippen LogP contribution in [0.25, 0.3) is 0 Å². The smallest absolute Gasteiger partial charge is 0.342 e. The van der Waals surface area contributed by atoms with Gasteiger partial charge < -0.3 is 9.47 Å². The van der Waals surface area contributed by atoms with Gasteiger partial charge in [0.1, 0.15) is 17.1 Å². The number of ether oxygens (including phenoxy) is 2. The third kappa shape index (κ3) is 4.68. The molecule has 0 saturated heterocycles. The van der Waals surface area contributed by atoms with Gasteiger partial charge in [-0.3, -0.25) is 4.79 Å². The molecule has 4 nitrogen and oxygen atoms in total. The molecular formula is C19H20O4. The first-order valence-electron chi connectivity index (χ1n) is 7.40. The summed E-state index contributed by atoms with van der Waals surface area (Å²) >= 11 is 0. The van der Waals surface area contributed by atoms with Gasteiger partial charge in [-0.05, 0) is 24.3 Å². The van der Waals surface area contributed by atoms with Gasteiger partial charge in [-0.15, -0.1) is 0 Å². The zero-order chi connectivity index (χ0) is 16.9. The number of rotatable bonds is 5. The number of carbonyl (C=O) groups is 2. The molecule has 0 spiro atoms. The van der Waals surface area contributed by atoms with Crippen LogP contribution in [0, 0.1) is 5.41 Å². The second-order valence-corrected chi connectivity index (χ2v) is 6.16. The maximum Gasteiger partial charge on any atom is 0.342 e. The largest absolute Gasteiger partial charge is 0.456 e.